The number of nitrogens with one attached hydrogen (secondary N) is 1. The number of nitrogens with zero attached hydrogens (tertiary/aromatic N) is 1. The minimum absolute atomic E-state index is 0.122. The smallest absolute Gasteiger partial charge is 0.374 e. The second-order valence-electron chi connectivity index (χ2n) is 5.57. The Morgan fingerprint density at radius 1 is 1.21 bits per heavy atom. The van der Waals surface area contributed by atoms with Crippen molar-refractivity contribution in [1.82, 2.24) is 10.1 Å². The maximum absolute atomic E-state index is 12.2. The minimum atomic E-state index is -0.524. The zero-order chi connectivity index (χ0) is 14.3. The highest BCUT2D eigenvalue weighted by Crippen LogP contribution is 2.35. The van der Waals surface area contributed by atoms with E-state index in [0.717, 1.165) is 45.2 Å². The lowest BCUT2D eigenvalue weighted by molar-refractivity contribution is -0.134. The van der Waals surface area contributed by atoms with Gasteiger partial charge in [-0.05, 0) is 45.3 Å². The molecule has 1 aliphatic heterocycles. The molecule has 2 aliphatic rings. The highest BCUT2D eigenvalue weighted by molar-refractivity contribution is 6.45. The van der Waals surface area contributed by atoms with Crippen molar-refractivity contribution in [3.63, 3.8) is 0 Å². The molecule has 4 nitrogen and oxygen atoms in total. The van der Waals surface area contributed by atoms with E-state index < -0.39 is 7.05 Å². The van der Waals surface area contributed by atoms with Crippen LogP contribution in [-0.4, -0.2) is 41.5 Å². The molecule has 1 heterocycles. The first-order valence-electron chi connectivity index (χ1n) is 7.85. The van der Waals surface area contributed by atoms with Gasteiger partial charge in [0.2, 0.25) is 5.91 Å². The summed E-state index contributed by atoms with van der Waals surface area (Å²) in [5.74, 6) is 0.262. The summed E-state index contributed by atoms with van der Waals surface area (Å²) in [5.41, 5.74) is -0.122. The number of likely N-dealkylation sites (tertiary alicyclic amines) is 1. The van der Waals surface area contributed by atoms with Crippen molar-refractivity contribution in [1.29, 1.82) is 0 Å². The normalized spacial score (nSPS) is 20.9. The summed E-state index contributed by atoms with van der Waals surface area (Å²) >= 11 is 0. The summed E-state index contributed by atoms with van der Waals surface area (Å²) in [6.07, 6.45) is 7.27. The summed E-state index contributed by atoms with van der Waals surface area (Å²) in [5, 5.41) is 12.6. The molecule has 2 fully saturated rings. The fourth-order valence-corrected chi connectivity index (χ4v) is 2.96. The molecular formula is C14H29BN2O2. The van der Waals surface area contributed by atoms with Gasteiger partial charge >= 0.3 is 7.05 Å². The lowest BCUT2D eigenvalue weighted by Crippen LogP contribution is -2.58. The first-order valence-corrected chi connectivity index (χ1v) is 7.85. The first-order chi connectivity index (χ1) is 9.11. The van der Waals surface area contributed by atoms with Crippen molar-refractivity contribution in [3.05, 3.63) is 0 Å². The van der Waals surface area contributed by atoms with Crippen LogP contribution in [-0.2, 0) is 4.79 Å². The molecule has 5 heteroatoms. The summed E-state index contributed by atoms with van der Waals surface area (Å²) in [6, 6.07) is 0. The van der Waals surface area contributed by atoms with Crippen LogP contribution in [0.2, 0.25) is 6.82 Å². The Balaban J connectivity index is 0.000000861. The van der Waals surface area contributed by atoms with Gasteiger partial charge in [-0.2, -0.15) is 0 Å². The lowest BCUT2D eigenvalue weighted by atomic mass is 9.69. The maximum Gasteiger partial charge on any atom is 0.374 e. The van der Waals surface area contributed by atoms with Crippen molar-refractivity contribution >= 4 is 13.0 Å². The molecule has 1 aliphatic carbocycles. The van der Waals surface area contributed by atoms with Gasteiger partial charge in [0.25, 0.3) is 0 Å². The van der Waals surface area contributed by atoms with Crippen molar-refractivity contribution in [3.8, 4) is 0 Å². The number of hydrogen-bond acceptors (Lipinski definition) is 3. The van der Waals surface area contributed by atoms with Crippen LogP contribution >= 0.6 is 0 Å². The number of amides is 1. The zero-order valence-electron chi connectivity index (χ0n) is 12.7. The van der Waals surface area contributed by atoms with Gasteiger partial charge in [-0.15, -0.1) is 0 Å². The topological polar surface area (TPSA) is 52.6 Å². The molecule has 2 rings (SSSR count). The van der Waals surface area contributed by atoms with Gasteiger partial charge in [0.15, 0.2) is 0 Å². The van der Waals surface area contributed by atoms with Gasteiger partial charge < -0.3 is 15.2 Å². The standard InChI is InChI=1S/C12H23BN2O2.C2H6/c1-13(17)14-12(6-5-7-12)10-11(16)15-8-3-2-4-9-15;1-2/h14,17H,2-10H2,1H3;1-2H3. The van der Waals surface area contributed by atoms with Gasteiger partial charge in [0, 0.05) is 25.0 Å². The molecule has 1 saturated carbocycles. The van der Waals surface area contributed by atoms with E-state index in [2.05, 4.69) is 5.23 Å². The fraction of sp³-hybridized carbons (Fsp3) is 0.929. The molecule has 0 spiro atoms. The van der Waals surface area contributed by atoms with E-state index in [1.54, 1.807) is 6.82 Å². The first kappa shape index (κ1) is 16.5. The van der Waals surface area contributed by atoms with Gasteiger partial charge in [0.05, 0.1) is 0 Å². The molecule has 2 N–H and O–H groups in total. The van der Waals surface area contributed by atoms with E-state index in [1.807, 2.05) is 18.7 Å². The quantitative estimate of drug-likeness (QED) is 0.767. The van der Waals surface area contributed by atoms with Crippen molar-refractivity contribution in [2.24, 2.45) is 0 Å². The van der Waals surface area contributed by atoms with Crippen LogP contribution in [0, 0.1) is 0 Å². The summed E-state index contributed by atoms with van der Waals surface area (Å²) in [7, 11) is -0.524. The third-order valence-electron chi connectivity index (χ3n) is 4.02. The van der Waals surface area contributed by atoms with E-state index in [0.29, 0.717) is 6.42 Å². The summed E-state index contributed by atoms with van der Waals surface area (Å²) in [6.45, 7) is 7.57. The number of carbonyl (C=O) groups is 1. The average molecular weight is 268 g/mol. The van der Waals surface area contributed by atoms with Crippen LogP contribution in [0.3, 0.4) is 0 Å². The van der Waals surface area contributed by atoms with Gasteiger partial charge in [-0.25, -0.2) is 0 Å². The molecule has 0 aromatic carbocycles. The Bertz CT molecular complexity index is 275. The Morgan fingerprint density at radius 2 is 1.79 bits per heavy atom. The monoisotopic (exact) mass is 268 g/mol. The van der Waals surface area contributed by atoms with Crippen LogP contribution in [0.25, 0.3) is 0 Å². The Kier molecular flexibility index (Phi) is 6.87. The van der Waals surface area contributed by atoms with Crippen molar-refractivity contribution in [2.45, 2.75) is 71.2 Å². The van der Waals surface area contributed by atoms with Crippen molar-refractivity contribution < 1.29 is 9.82 Å². The lowest BCUT2D eigenvalue weighted by Gasteiger charge is -2.44. The van der Waals surface area contributed by atoms with E-state index in [-0.39, 0.29) is 11.4 Å². The number of rotatable bonds is 4. The van der Waals surface area contributed by atoms with Gasteiger partial charge in [-0.3, -0.25) is 4.79 Å². The molecule has 0 atom stereocenters. The zero-order valence-corrected chi connectivity index (χ0v) is 12.7. The third kappa shape index (κ3) is 4.81. The molecule has 0 bridgehead atoms. The predicted molar refractivity (Wildman–Crippen MR) is 80.0 cm³/mol. The Morgan fingerprint density at radius 3 is 2.21 bits per heavy atom. The van der Waals surface area contributed by atoms with Gasteiger partial charge in [0.1, 0.15) is 0 Å². The maximum atomic E-state index is 12.2. The highest BCUT2D eigenvalue weighted by atomic mass is 16.2. The van der Waals surface area contributed by atoms with Crippen LogP contribution in [0.4, 0.5) is 0 Å². The van der Waals surface area contributed by atoms with Crippen LogP contribution < -0.4 is 5.23 Å². The van der Waals surface area contributed by atoms with Gasteiger partial charge in [-0.1, -0.05) is 13.8 Å². The Labute approximate surface area is 118 Å². The molecule has 110 valence electrons. The molecule has 1 saturated heterocycles. The molecule has 1 amide bonds. The number of hydrogen-bond donors (Lipinski definition) is 2. The molecule has 0 unspecified atom stereocenters. The molecule has 0 aromatic heterocycles. The number of piperidine rings is 1. The predicted octanol–water partition coefficient (Wildman–Crippen LogP) is 2.04. The van der Waals surface area contributed by atoms with E-state index in [1.165, 1.54) is 6.42 Å². The molecule has 19 heavy (non-hydrogen) atoms. The van der Waals surface area contributed by atoms with Crippen LogP contribution in [0.5, 0.6) is 0 Å². The average Bonchev–Trinajstić information content (AvgIpc) is 2.39. The van der Waals surface area contributed by atoms with Crippen LogP contribution in [0.15, 0.2) is 0 Å². The SMILES string of the molecule is CB(O)NC1(CC(=O)N2CCCCC2)CCC1.CC. The summed E-state index contributed by atoms with van der Waals surface area (Å²) in [4.78, 5) is 14.2. The number of carbonyl (C=O) groups excluding carboxylic acids is 1. The third-order valence-corrected chi connectivity index (χ3v) is 4.02. The highest BCUT2D eigenvalue weighted by Gasteiger charge is 2.40. The summed E-state index contributed by atoms with van der Waals surface area (Å²) < 4.78 is 0. The second-order valence-corrected chi connectivity index (χ2v) is 5.57. The van der Waals surface area contributed by atoms with E-state index >= 15 is 0 Å². The van der Waals surface area contributed by atoms with Crippen LogP contribution in [0.1, 0.15) is 58.8 Å². The second kappa shape index (κ2) is 7.90. The Hall–Kier alpha value is -0.545. The van der Waals surface area contributed by atoms with E-state index in [9.17, 15) is 9.82 Å². The molecule has 0 radical (unpaired) electrons. The van der Waals surface area contributed by atoms with Crippen molar-refractivity contribution in [2.75, 3.05) is 13.1 Å². The molecular weight excluding hydrogens is 239 g/mol. The largest absolute Gasteiger partial charge is 0.437 e. The minimum Gasteiger partial charge on any atom is -0.437 e. The molecule has 0 aromatic rings. The fourth-order valence-electron chi connectivity index (χ4n) is 2.96. The van der Waals surface area contributed by atoms with E-state index in [4.69, 9.17) is 0 Å².